The minimum absolute atomic E-state index is 0.228. The molecule has 0 fully saturated rings. The average Bonchev–Trinajstić information content (AvgIpc) is 2.64. The maximum absolute atomic E-state index is 12.4. The lowest BCUT2D eigenvalue weighted by Crippen LogP contribution is -2.16. The lowest BCUT2D eigenvalue weighted by atomic mass is 10.1. The van der Waals surface area contributed by atoms with Crippen molar-refractivity contribution < 1.29 is 4.79 Å². The monoisotopic (exact) mass is 366 g/mol. The third-order valence-corrected chi connectivity index (χ3v) is 4.18. The first-order chi connectivity index (χ1) is 12.5. The molecule has 0 saturated carbocycles. The van der Waals surface area contributed by atoms with Crippen LogP contribution in [0.2, 0.25) is 5.02 Å². The number of rotatable bonds is 5. The molecule has 0 atom stereocenters. The van der Waals surface area contributed by atoms with E-state index in [4.69, 9.17) is 11.6 Å². The molecule has 26 heavy (non-hydrogen) atoms. The van der Waals surface area contributed by atoms with Crippen molar-refractivity contribution in [3.63, 3.8) is 0 Å². The normalized spacial score (nSPS) is 10.4. The zero-order valence-corrected chi connectivity index (χ0v) is 15.3. The summed E-state index contributed by atoms with van der Waals surface area (Å²) in [6, 6.07) is 17.1. The van der Waals surface area contributed by atoms with Gasteiger partial charge in [0, 0.05) is 6.54 Å². The Labute approximate surface area is 157 Å². The average molecular weight is 367 g/mol. The molecule has 0 aliphatic heterocycles. The molecule has 3 aromatic rings. The summed E-state index contributed by atoms with van der Waals surface area (Å²) in [5, 5.41) is 14.5. The fourth-order valence-electron chi connectivity index (χ4n) is 2.59. The first kappa shape index (κ1) is 17.9. The standard InChI is InChI=1S/C20H19ClN4O/c1-13-10-14(2)19(16(21)11-13)23-20(26)17-8-9-18(25-24-17)22-12-15-6-4-3-5-7-15/h3-11H,12H2,1-2H3,(H,22,25)(H,23,26). The second kappa shape index (κ2) is 7.97. The fraction of sp³-hybridized carbons (Fsp3) is 0.150. The highest BCUT2D eigenvalue weighted by molar-refractivity contribution is 6.34. The predicted molar refractivity (Wildman–Crippen MR) is 105 cm³/mol. The van der Waals surface area contributed by atoms with Gasteiger partial charge >= 0.3 is 0 Å². The Balaban J connectivity index is 1.66. The number of hydrogen-bond donors (Lipinski definition) is 2. The number of carbonyl (C=O) groups is 1. The third-order valence-electron chi connectivity index (χ3n) is 3.88. The van der Waals surface area contributed by atoms with Gasteiger partial charge in [0.05, 0.1) is 10.7 Å². The van der Waals surface area contributed by atoms with Crippen LogP contribution in [0.25, 0.3) is 0 Å². The Morgan fingerprint density at radius 3 is 2.46 bits per heavy atom. The number of carbonyl (C=O) groups excluding carboxylic acids is 1. The predicted octanol–water partition coefficient (Wildman–Crippen LogP) is 4.61. The first-order valence-electron chi connectivity index (χ1n) is 8.22. The van der Waals surface area contributed by atoms with E-state index in [1.807, 2.05) is 56.3 Å². The summed E-state index contributed by atoms with van der Waals surface area (Å²) in [4.78, 5) is 12.4. The molecule has 2 aromatic carbocycles. The smallest absolute Gasteiger partial charge is 0.276 e. The number of amides is 1. The van der Waals surface area contributed by atoms with E-state index in [0.717, 1.165) is 16.7 Å². The molecule has 132 valence electrons. The first-order valence-corrected chi connectivity index (χ1v) is 8.60. The van der Waals surface area contributed by atoms with Crippen molar-refractivity contribution in [1.29, 1.82) is 0 Å². The molecule has 0 aliphatic rings. The van der Waals surface area contributed by atoms with E-state index in [9.17, 15) is 4.79 Å². The van der Waals surface area contributed by atoms with Crippen LogP contribution >= 0.6 is 11.6 Å². The van der Waals surface area contributed by atoms with Crippen LogP contribution in [0.5, 0.6) is 0 Å². The topological polar surface area (TPSA) is 66.9 Å². The number of hydrogen-bond acceptors (Lipinski definition) is 4. The quantitative estimate of drug-likeness (QED) is 0.691. The molecule has 0 saturated heterocycles. The van der Waals surface area contributed by atoms with Crippen LogP contribution < -0.4 is 10.6 Å². The Bertz CT molecular complexity index is 888. The molecule has 6 heteroatoms. The van der Waals surface area contributed by atoms with Crippen LogP contribution in [-0.4, -0.2) is 16.1 Å². The summed E-state index contributed by atoms with van der Waals surface area (Å²) in [6.07, 6.45) is 0. The van der Waals surface area contributed by atoms with Gasteiger partial charge in [-0.05, 0) is 48.7 Å². The van der Waals surface area contributed by atoms with Crippen molar-refractivity contribution in [3.8, 4) is 0 Å². The van der Waals surface area contributed by atoms with Gasteiger partial charge < -0.3 is 10.6 Å². The molecule has 1 aromatic heterocycles. The van der Waals surface area contributed by atoms with Gasteiger partial charge in [-0.25, -0.2) is 0 Å². The van der Waals surface area contributed by atoms with E-state index in [2.05, 4.69) is 20.8 Å². The van der Waals surface area contributed by atoms with Crippen molar-refractivity contribution in [1.82, 2.24) is 10.2 Å². The Kier molecular flexibility index (Phi) is 5.49. The highest BCUT2D eigenvalue weighted by Gasteiger charge is 2.13. The molecule has 5 nitrogen and oxygen atoms in total. The van der Waals surface area contributed by atoms with Gasteiger partial charge in [-0.15, -0.1) is 10.2 Å². The molecular formula is C20H19ClN4O. The number of benzene rings is 2. The molecule has 1 amide bonds. The number of aryl methyl sites for hydroxylation is 2. The summed E-state index contributed by atoms with van der Waals surface area (Å²) in [6.45, 7) is 4.49. The number of nitrogens with zero attached hydrogens (tertiary/aromatic N) is 2. The summed E-state index contributed by atoms with van der Waals surface area (Å²) >= 11 is 6.23. The Hall–Kier alpha value is -2.92. The van der Waals surface area contributed by atoms with E-state index >= 15 is 0 Å². The maximum atomic E-state index is 12.4. The van der Waals surface area contributed by atoms with Crippen LogP contribution in [0.15, 0.2) is 54.6 Å². The van der Waals surface area contributed by atoms with Gasteiger partial charge in [0.2, 0.25) is 0 Å². The van der Waals surface area contributed by atoms with Crippen molar-refractivity contribution in [2.24, 2.45) is 0 Å². The molecule has 0 spiro atoms. The number of nitrogens with one attached hydrogen (secondary N) is 2. The van der Waals surface area contributed by atoms with Crippen LogP contribution in [0.3, 0.4) is 0 Å². The maximum Gasteiger partial charge on any atom is 0.276 e. The van der Waals surface area contributed by atoms with Gasteiger partial charge in [0.1, 0.15) is 5.82 Å². The Morgan fingerprint density at radius 1 is 1.04 bits per heavy atom. The second-order valence-electron chi connectivity index (χ2n) is 6.04. The van der Waals surface area contributed by atoms with E-state index in [-0.39, 0.29) is 11.6 Å². The lowest BCUT2D eigenvalue weighted by Gasteiger charge is -2.11. The molecule has 0 aliphatic carbocycles. The van der Waals surface area contributed by atoms with Crippen LogP contribution in [0.1, 0.15) is 27.2 Å². The summed E-state index contributed by atoms with van der Waals surface area (Å²) in [5.74, 6) is 0.260. The van der Waals surface area contributed by atoms with Gasteiger partial charge in [0.25, 0.3) is 5.91 Å². The van der Waals surface area contributed by atoms with Crippen molar-refractivity contribution >= 4 is 29.0 Å². The molecule has 2 N–H and O–H groups in total. The molecular weight excluding hydrogens is 348 g/mol. The number of anilines is 2. The van der Waals surface area contributed by atoms with Crippen LogP contribution in [-0.2, 0) is 6.54 Å². The third kappa shape index (κ3) is 4.37. The van der Waals surface area contributed by atoms with Gasteiger partial charge in [-0.3, -0.25) is 4.79 Å². The SMILES string of the molecule is Cc1cc(C)c(NC(=O)c2ccc(NCc3ccccc3)nn2)c(Cl)c1. The van der Waals surface area contributed by atoms with Gasteiger partial charge in [0.15, 0.2) is 5.69 Å². The fourth-order valence-corrected chi connectivity index (χ4v) is 2.96. The van der Waals surface area contributed by atoms with E-state index in [1.54, 1.807) is 12.1 Å². The summed E-state index contributed by atoms with van der Waals surface area (Å²) < 4.78 is 0. The Morgan fingerprint density at radius 2 is 1.81 bits per heavy atom. The summed E-state index contributed by atoms with van der Waals surface area (Å²) in [7, 11) is 0. The second-order valence-corrected chi connectivity index (χ2v) is 6.44. The molecule has 3 rings (SSSR count). The zero-order chi connectivity index (χ0) is 18.5. The van der Waals surface area contributed by atoms with Crippen molar-refractivity contribution in [2.75, 3.05) is 10.6 Å². The minimum Gasteiger partial charge on any atom is -0.365 e. The number of aromatic nitrogens is 2. The van der Waals surface area contributed by atoms with Crippen LogP contribution in [0.4, 0.5) is 11.5 Å². The minimum atomic E-state index is -0.346. The number of halogens is 1. The van der Waals surface area contributed by atoms with Gasteiger partial charge in [-0.2, -0.15) is 0 Å². The van der Waals surface area contributed by atoms with E-state index in [1.165, 1.54) is 0 Å². The zero-order valence-electron chi connectivity index (χ0n) is 14.6. The van der Waals surface area contributed by atoms with Crippen LogP contribution in [0, 0.1) is 13.8 Å². The largest absolute Gasteiger partial charge is 0.365 e. The van der Waals surface area contributed by atoms with E-state index < -0.39 is 0 Å². The van der Waals surface area contributed by atoms with Crippen molar-refractivity contribution in [2.45, 2.75) is 20.4 Å². The summed E-state index contributed by atoms with van der Waals surface area (Å²) in [5.41, 5.74) is 3.90. The highest BCUT2D eigenvalue weighted by atomic mass is 35.5. The lowest BCUT2D eigenvalue weighted by molar-refractivity contribution is 0.102. The molecule has 0 radical (unpaired) electrons. The van der Waals surface area contributed by atoms with Gasteiger partial charge in [-0.1, -0.05) is 48.0 Å². The molecule has 0 unspecified atom stereocenters. The van der Waals surface area contributed by atoms with E-state index in [0.29, 0.717) is 23.1 Å². The highest BCUT2D eigenvalue weighted by Crippen LogP contribution is 2.27. The molecule has 1 heterocycles. The molecule has 0 bridgehead atoms. The van der Waals surface area contributed by atoms with Crippen molar-refractivity contribution in [3.05, 3.63) is 82.0 Å².